The summed E-state index contributed by atoms with van der Waals surface area (Å²) in [6.07, 6.45) is 2.66. The molecule has 2 unspecified atom stereocenters. The van der Waals surface area contributed by atoms with Crippen molar-refractivity contribution in [3.05, 3.63) is 53.7 Å². The summed E-state index contributed by atoms with van der Waals surface area (Å²) in [6, 6.07) is 9.65. The van der Waals surface area contributed by atoms with Crippen molar-refractivity contribution in [1.82, 2.24) is 10.3 Å². The highest BCUT2D eigenvalue weighted by atomic mass is 16.5. The summed E-state index contributed by atoms with van der Waals surface area (Å²) >= 11 is 0. The van der Waals surface area contributed by atoms with E-state index in [-0.39, 0.29) is 24.2 Å². The molecule has 2 heterocycles. The van der Waals surface area contributed by atoms with Gasteiger partial charge in [0.15, 0.2) is 17.8 Å². The first-order valence-corrected chi connectivity index (χ1v) is 7.79. The van der Waals surface area contributed by atoms with Gasteiger partial charge in [-0.15, -0.1) is 0 Å². The first-order valence-electron chi connectivity index (χ1n) is 7.79. The molecule has 2 atom stereocenters. The van der Waals surface area contributed by atoms with E-state index < -0.39 is 6.10 Å². The molecule has 23 heavy (non-hydrogen) atoms. The first kappa shape index (κ1) is 15.7. The van der Waals surface area contributed by atoms with Crippen molar-refractivity contribution in [2.45, 2.75) is 31.5 Å². The summed E-state index contributed by atoms with van der Waals surface area (Å²) in [7, 11) is 0. The number of hydrogen-bond donors (Lipinski definition) is 2. The molecule has 1 fully saturated rings. The van der Waals surface area contributed by atoms with E-state index in [0.29, 0.717) is 18.8 Å². The predicted octanol–water partition coefficient (Wildman–Crippen LogP) is 1.86. The minimum Gasteiger partial charge on any atom is -0.445 e. The van der Waals surface area contributed by atoms with Crippen molar-refractivity contribution < 1.29 is 19.1 Å². The number of aromatic nitrogens is 1. The van der Waals surface area contributed by atoms with Crippen molar-refractivity contribution in [1.29, 1.82) is 0 Å². The molecule has 6 nitrogen and oxygen atoms in total. The van der Waals surface area contributed by atoms with E-state index in [1.54, 1.807) is 0 Å². The van der Waals surface area contributed by atoms with E-state index in [1.807, 2.05) is 30.3 Å². The molecular formula is C17H20N2O4. The van der Waals surface area contributed by atoms with Gasteiger partial charge in [-0.1, -0.05) is 30.3 Å². The normalized spacial score (nSPS) is 18.7. The lowest BCUT2D eigenvalue weighted by molar-refractivity contribution is 0.0842. The monoisotopic (exact) mass is 316 g/mol. The molecule has 0 spiro atoms. The Morgan fingerprint density at radius 1 is 1.39 bits per heavy atom. The Morgan fingerprint density at radius 2 is 2.22 bits per heavy atom. The third-order valence-corrected chi connectivity index (χ3v) is 3.84. The first-order chi connectivity index (χ1) is 11.2. The van der Waals surface area contributed by atoms with Crippen LogP contribution in [0.15, 0.2) is 41.1 Å². The number of rotatable bonds is 6. The Kier molecular flexibility index (Phi) is 5.05. The van der Waals surface area contributed by atoms with Crippen LogP contribution in [0.1, 0.15) is 40.8 Å². The molecule has 0 saturated carbocycles. The highest BCUT2D eigenvalue weighted by molar-refractivity contribution is 5.93. The van der Waals surface area contributed by atoms with Gasteiger partial charge in [-0.25, -0.2) is 4.98 Å². The molecule has 2 aromatic rings. The van der Waals surface area contributed by atoms with Crippen LogP contribution in [0, 0.1) is 0 Å². The zero-order valence-corrected chi connectivity index (χ0v) is 12.8. The number of benzene rings is 1. The number of aliphatic hydroxyl groups excluding tert-OH is 1. The van der Waals surface area contributed by atoms with Crippen LogP contribution in [0.3, 0.4) is 0 Å². The minimum absolute atomic E-state index is 0.158. The van der Waals surface area contributed by atoms with Gasteiger partial charge < -0.3 is 19.6 Å². The lowest BCUT2D eigenvalue weighted by atomic mass is 10.1. The Hall–Kier alpha value is -2.18. The largest absolute Gasteiger partial charge is 0.445 e. The molecule has 1 aliphatic heterocycles. The summed E-state index contributed by atoms with van der Waals surface area (Å²) in [5.74, 6) is 0.119. The molecule has 2 N–H and O–H groups in total. The zero-order valence-electron chi connectivity index (χ0n) is 12.8. The van der Waals surface area contributed by atoms with E-state index >= 15 is 0 Å². The number of nitrogens with one attached hydrogen (secondary N) is 1. The summed E-state index contributed by atoms with van der Waals surface area (Å²) in [5.41, 5.74) is 1.26. The van der Waals surface area contributed by atoms with E-state index in [0.717, 1.165) is 18.4 Å². The van der Waals surface area contributed by atoms with Gasteiger partial charge >= 0.3 is 0 Å². The molecular weight excluding hydrogens is 296 g/mol. The summed E-state index contributed by atoms with van der Waals surface area (Å²) in [4.78, 5) is 16.2. The Labute approximate surface area is 134 Å². The Morgan fingerprint density at radius 3 is 2.96 bits per heavy atom. The van der Waals surface area contributed by atoms with Crippen LogP contribution in [0.5, 0.6) is 0 Å². The average Bonchev–Trinajstić information content (AvgIpc) is 3.24. The number of aliphatic hydroxyl groups is 1. The van der Waals surface area contributed by atoms with Crippen molar-refractivity contribution in [3.63, 3.8) is 0 Å². The van der Waals surface area contributed by atoms with Gasteiger partial charge in [0.25, 0.3) is 5.91 Å². The van der Waals surface area contributed by atoms with Crippen LogP contribution >= 0.6 is 0 Å². The van der Waals surface area contributed by atoms with Crippen molar-refractivity contribution in [2.75, 3.05) is 13.2 Å². The third-order valence-electron chi connectivity index (χ3n) is 3.84. The molecule has 1 aromatic carbocycles. The predicted molar refractivity (Wildman–Crippen MR) is 82.9 cm³/mol. The summed E-state index contributed by atoms with van der Waals surface area (Å²) in [6.45, 7) is 0.827. The van der Waals surface area contributed by atoms with Gasteiger partial charge in [-0.05, 0) is 18.4 Å². The van der Waals surface area contributed by atoms with Crippen molar-refractivity contribution >= 4 is 5.91 Å². The second kappa shape index (κ2) is 7.39. The molecule has 0 aliphatic carbocycles. The topological polar surface area (TPSA) is 84.6 Å². The molecule has 1 saturated heterocycles. The summed E-state index contributed by atoms with van der Waals surface area (Å²) in [5, 5.41) is 12.7. The molecule has 1 aromatic heterocycles. The van der Waals surface area contributed by atoms with Crippen LogP contribution in [0.2, 0.25) is 0 Å². The second-order valence-corrected chi connectivity index (χ2v) is 5.62. The standard InChI is InChI=1S/C17H20N2O4/c20-13(9-12-5-2-1-3-6-12)10-18-17(21)15-16(23-11-19-15)14-7-4-8-22-14/h1-3,5-6,11,13-14,20H,4,7-10H2,(H,18,21). The Balaban J connectivity index is 1.54. The highest BCUT2D eigenvalue weighted by Gasteiger charge is 2.28. The fourth-order valence-electron chi connectivity index (χ4n) is 2.69. The molecule has 1 amide bonds. The maximum absolute atomic E-state index is 12.2. The maximum Gasteiger partial charge on any atom is 0.273 e. The van der Waals surface area contributed by atoms with Gasteiger partial charge in [-0.2, -0.15) is 0 Å². The van der Waals surface area contributed by atoms with Crippen LogP contribution in [0.25, 0.3) is 0 Å². The van der Waals surface area contributed by atoms with Crippen LogP contribution in [-0.4, -0.2) is 35.3 Å². The molecule has 3 rings (SSSR count). The van der Waals surface area contributed by atoms with Crippen molar-refractivity contribution in [3.8, 4) is 0 Å². The second-order valence-electron chi connectivity index (χ2n) is 5.62. The number of hydrogen-bond acceptors (Lipinski definition) is 5. The molecule has 122 valence electrons. The number of ether oxygens (including phenoxy) is 1. The fraction of sp³-hybridized carbons (Fsp3) is 0.412. The van der Waals surface area contributed by atoms with Gasteiger partial charge in [0.2, 0.25) is 0 Å². The summed E-state index contributed by atoms with van der Waals surface area (Å²) < 4.78 is 10.8. The lowest BCUT2D eigenvalue weighted by Crippen LogP contribution is -2.34. The van der Waals surface area contributed by atoms with Gasteiger partial charge in [-0.3, -0.25) is 4.79 Å². The van der Waals surface area contributed by atoms with Gasteiger partial charge in [0.05, 0.1) is 6.10 Å². The van der Waals surface area contributed by atoms with Crippen LogP contribution < -0.4 is 5.32 Å². The van der Waals surface area contributed by atoms with E-state index in [4.69, 9.17) is 9.15 Å². The van der Waals surface area contributed by atoms with E-state index in [2.05, 4.69) is 10.3 Å². The third kappa shape index (κ3) is 3.97. The SMILES string of the molecule is O=C(NCC(O)Cc1ccccc1)c1ncoc1C1CCCO1. The quantitative estimate of drug-likeness (QED) is 0.850. The average molecular weight is 316 g/mol. The highest BCUT2D eigenvalue weighted by Crippen LogP contribution is 2.30. The number of amides is 1. The lowest BCUT2D eigenvalue weighted by Gasteiger charge is -2.12. The number of nitrogens with zero attached hydrogens (tertiary/aromatic N) is 1. The van der Waals surface area contributed by atoms with Crippen molar-refractivity contribution in [2.24, 2.45) is 0 Å². The van der Waals surface area contributed by atoms with E-state index in [9.17, 15) is 9.90 Å². The fourth-order valence-corrected chi connectivity index (χ4v) is 2.69. The van der Waals surface area contributed by atoms with Crippen LogP contribution in [-0.2, 0) is 11.2 Å². The molecule has 0 bridgehead atoms. The number of oxazole rings is 1. The smallest absolute Gasteiger partial charge is 0.273 e. The zero-order chi connectivity index (χ0) is 16.1. The van der Waals surface area contributed by atoms with Gasteiger partial charge in [0.1, 0.15) is 6.10 Å². The van der Waals surface area contributed by atoms with Gasteiger partial charge in [0, 0.05) is 19.6 Å². The van der Waals surface area contributed by atoms with Crippen LogP contribution in [0.4, 0.5) is 0 Å². The number of carbonyl (C=O) groups excluding carboxylic acids is 1. The molecule has 1 aliphatic rings. The molecule has 6 heteroatoms. The Bertz CT molecular complexity index is 635. The maximum atomic E-state index is 12.2. The molecule has 0 radical (unpaired) electrons. The minimum atomic E-state index is -0.653. The number of carbonyl (C=O) groups is 1. The van der Waals surface area contributed by atoms with E-state index in [1.165, 1.54) is 6.39 Å².